The van der Waals surface area contributed by atoms with Gasteiger partial charge in [0, 0.05) is 55.6 Å². The molecule has 0 radical (unpaired) electrons. The van der Waals surface area contributed by atoms with Crippen LogP contribution in [0.1, 0.15) is 36.3 Å². The fourth-order valence-electron chi connectivity index (χ4n) is 5.80. The number of halogens is 3. The molecule has 2 aromatic heterocycles. The summed E-state index contributed by atoms with van der Waals surface area (Å²) in [6.07, 6.45) is 1.68. The molecule has 0 saturated carbocycles. The third-order valence-electron chi connectivity index (χ3n) is 8.14. The quantitative estimate of drug-likeness (QED) is 0.186. The van der Waals surface area contributed by atoms with Gasteiger partial charge in [0.05, 0.1) is 17.9 Å². The van der Waals surface area contributed by atoms with Crippen molar-refractivity contribution in [2.45, 2.75) is 38.4 Å². The summed E-state index contributed by atoms with van der Waals surface area (Å²) in [5.41, 5.74) is 4.46. The predicted molar refractivity (Wildman–Crippen MR) is 158 cm³/mol. The van der Waals surface area contributed by atoms with Gasteiger partial charge in [-0.15, -0.1) is 10.2 Å². The van der Waals surface area contributed by atoms with Crippen LogP contribution in [-0.2, 0) is 17.9 Å². The maximum atomic E-state index is 15.1. The molecule has 11 heteroatoms. The van der Waals surface area contributed by atoms with Crippen LogP contribution < -0.4 is 9.80 Å². The van der Waals surface area contributed by atoms with Gasteiger partial charge < -0.3 is 19.2 Å². The van der Waals surface area contributed by atoms with Gasteiger partial charge in [0.25, 0.3) is 5.89 Å². The minimum absolute atomic E-state index is 0.0185. The van der Waals surface area contributed by atoms with Crippen molar-refractivity contribution in [3.05, 3.63) is 95.8 Å². The number of aromatic nitrogens is 3. The molecule has 1 amide bonds. The Morgan fingerprint density at radius 1 is 1.02 bits per heavy atom. The summed E-state index contributed by atoms with van der Waals surface area (Å²) in [6, 6.07) is 20.5. The third-order valence-corrected chi connectivity index (χ3v) is 8.14. The maximum absolute atomic E-state index is 15.1. The first-order valence-electron chi connectivity index (χ1n) is 14.1. The van der Waals surface area contributed by atoms with Gasteiger partial charge in [0.2, 0.25) is 12.3 Å². The Bertz CT molecular complexity index is 1710. The number of nitrogens with one attached hydrogen (secondary N) is 1. The molecular formula is C32H31F3N6O2. The summed E-state index contributed by atoms with van der Waals surface area (Å²) >= 11 is 0. The number of hydrogen-bond acceptors (Lipinski definition) is 6. The van der Waals surface area contributed by atoms with E-state index in [2.05, 4.69) is 49.2 Å². The number of rotatable bonds is 10. The molecule has 0 bridgehead atoms. The minimum atomic E-state index is -2.91. The molecule has 5 aromatic rings. The standard InChI is InChI=1S/C32H31F3N6O2/c1-39(25-12-15-40(16-13-25)18-24-6-4-5-21-11-14-36-29(21)24)27-7-2-3-8-28(27)41(20-42)19-23-10-9-22(17-26(23)33)31-37-38-32(43-31)30(34)35/h2-11,14,17,20,25,30,36H,12-13,15-16,18-19H2,1H3. The van der Waals surface area contributed by atoms with E-state index >= 15 is 4.39 Å². The highest BCUT2D eigenvalue weighted by molar-refractivity contribution is 5.84. The Labute approximate surface area is 246 Å². The lowest BCUT2D eigenvalue weighted by Gasteiger charge is -2.39. The second-order valence-corrected chi connectivity index (χ2v) is 10.8. The molecule has 0 aliphatic carbocycles. The Kier molecular flexibility index (Phi) is 8.15. The van der Waals surface area contributed by atoms with Gasteiger partial charge in [-0.1, -0.05) is 36.4 Å². The van der Waals surface area contributed by atoms with E-state index in [0.29, 0.717) is 12.1 Å². The van der Waals surface area contributed by atoms with E-state index in [1.807, 2.05) is 37.5 Å². The Morgan fingerprint density at radius 2 is 1.81 bits per heavy atom. The van der Waals surface area contributed by atoms with Crippen molar-refractivity contribution in [3.63, 3.8) is 0 Å². The number of nitrogens with zero attached hydrogens (tertiary/aromatic N) is 5. The van der Waals surface area contributed by atoms with Crippen molar-refractivity contribution in [3.8, 4) is 11.5 Å². The highest BCUT2D eigenvalue weighted by Gasteiger charge is 2.26. The Hall–Kier alpha value is -4.64. The molecule has 1 aliphatic heterocycles. The monoisotopic (exact) mass is 588 g/mol. The van der Waals surface area contributed by atoms with Crippen LogP contribution in [0.2, 0.25) is 0 Å². The summed E-state index contributed by atoms with van der Waals surface area (Å²) in [7, 11) is 2.04. The topological polar surface area (TPSA) is 81.5 Å². The molecule has 43 heavy (non-hydrogen) atoms. The normalized spacial score (nSPS) is 14.4. The van der Waals surface area contributed by atoms with E-state index in [-0.39, 0.29) is 29.6 Å². The van der Waals surface area contributed by atoms with Crippen LogP contribution >= 0.6 is 0 Å². The average molecular weight is 589 g/mol. The molecule has 1 N–H and O–H groups in total. The number of likely N-dealkylation sites (tertiary alicyclic amines) is 1. The van der Waals surface area contributed by atoms with Crippen LogP contribution in [0, 0.1) is 5.82 Å². The lowest BCUT2D eigenvalue weighted by atomic mass is 10.0. The highest BCUT2D eigenvalue weighted by atomic mass is 19.3. The van der Waals surface area contributed by atoms with E-state index in [4.69, 9.17) is 4.42 Å². The summed E-state index contributed by atoms with van der Waals surface area (Å²) in [5, 5.41) is 8.08. The van der Waals surface area contributed by atoms with E-state index < -0.39 is 18.1 Å². The summed E-state index contributed by atoms with van der Waals surface area (Å²) in [5.74, 6) is -1.64. The van der Waals surface area contributed by atoms with Crippen LogP contribution in [-0.4, -0.2) is 52.7 Å². The van der Waals surface area contributed by atoms with Crippen molar-refractivity contribution >= 4 is 28.7 Å². The SMILES string of the molecule is CN(c1ccccc1N(C=O)Cc1ccc(-c2nnc(C(F)F)o2)cc1F)C1CCN(Cc2cccc3cc[nH]c23)CC1. The van der Waals surface area contributed by atoms with Crippen LogP contribution in [0.15, 0.2) is 77.3 Å². The van der Waals surface area contributed by atoms with Gasteiger partial charge in [-0.05, 0) is 54.1 Å². The number of H-pyrrole nitrogens is 1. The first-order chi connectivity index (χ1) is 20.9. The first kappa shape index (κ1) is 28.5. The van der Waals surface area contributed by atoms with E-state index in [9.17, 15) is 13.6 Å². The van der Waals surface area contributed by atoms with Crippen LogP contribution in [0.25, 0.3) is 22.4 Å². The van der Waals surface area contributed by atoms with Gasteiger partial charge in [0.1, 0.15) is 5.82 Å². The first-order valence-corrected chi connectivity index (χ1v) is 14.1. The summed E-state index contributed by atoms with van der Waals surface area (Å²) < 4.78 is 45.7. The van der Waals surface area contributed by atoms with Crippen molar-refractivity contribution in [1.82, 2.24) is 20.1 Å². The lowest BCUT2D eigenvalue weighted by Crippen LogP contribution is -2.43. The number of benzene rings is 3. The van der Waals surface area contributed by atoms with Crippen LogP contribution in [0.3, 0.4) is 0 Å². The molecule has 8 nitrogen and oxygen atoms in total. The molecule has 0 spiro atoms. The number of alkyl halides is 2. The summed E-state index contributed by atoms with van der Waals surface area (Å²) in [6.45, 7) is 2.76. The zero-order valence-electron chi connectivity index (χ0n) is 23.6. The van der Waals surface area contributed by atoms with Crippen molar-refractivity contribution in [2.24, 2.45) is 0 Å². The largest absolute Gasteiger partial charge is 0.415 e. The average Bonchev–Trinajstić information content (AvgIpc) is 3.72. The highest BCUT2D eigenvalue weighted by Crippen LogP contribution is 2.33. The number of fused-ring (bicyclic) bond motifs is 1. The zero-order valence-corrected chi connectivity index (χ0v) is 23.6. The number of hydrogen-bond donors (Lipinski definition) is 1. The van der Waals surface area contributed by atoms with Crippen LogP contribution in [0.4, 0.5) is 24.5 Å². The fraction of sp³-hybridized carbons (Fsp3) is 0.281. The van der Waals surface area contributed by atoms with Crippen molar-refractivity contribution < 1.29 is 22.4 Å². The number of carbonyl (C=O) groups excluding carboxylic acids is 1. The number of para-hydroxylation sites is 3. The van der Waals surface area contributed by atoms with E-state index in [1.54, 1.807) is 0 Å². The van der Waals surface area contributed by atoms with Gasteiger partial charge in [0.15, 0.2) is 0 Å². The molecule has 0 unspecified atom stereocenters. The molecular weight excluding hydrogens is 557 g/mol. The number of aromatic amines is 1. The van der Waals surface area contributed by atoms with Gasteiger partial charge in [-0.25, -0.2) is 4.39 Å². The van der Waals surface area contributed by atoms with E-state index in [0.717, 1.165) is 44.2 Å². The zero-order chi connectivity index (χ0) is 29.9. The van der Waals surface area contributed by atoms with Crippen molar-refractivity contribution in [2.75, 3.05) is 29.9 Å². The number of anilines is 2. The molecule has 3 aromatic carbocycles. The minimum Gasteiger partial charge on any atom is -0.415 e. The number of carbonyl (C=O) groups is 1. The lowest BCUT2D eigenvalue weighted by molar-refractivity contribution is -0.107. The summed E-state index contributed by atoms with van der Waals surface area (Å²) in [4.78, 5) is 21.8. The predicted octanol–water partition coefficient (Wildman–Crippen LogP) is 6.56. The van der Waals surface area contributed by atoms with Gasteiger partial charge in [-0.3, -0.25) is 9.69 Å². The molecule has 1 saturated heterocycles. The molecule has 6 rings (SSSR count). The van der Waals surface area contributed by atoms with Crippen LogP contribution in [0.5, 0.6) is 0 Å². The molecule has 222 valence electrons. The molecule has 1 fully saturated rings. The van der Waals surface area contributed by atoms with Gasteiger partial charge >= 0.3 is 6.43 Å². The second kappa shape index (κ2) is 12.3. The molecule has 3 heterocycles. The number of amides is 1. The Balaban J connectivity index is 1.13. The third kappa shape index (κ3) is 5.98. The maximum Gasteiger partial charge on any atom is 0.314 e. The fourth-order valence-corrected chi connectivity index (χ4v) is 5.80. The van der Waals surface area contributed by atoms with Crippen molar-refractivity contribution in [1.29, 1.82) is 0 Å². The Morgan fingerprint density at radius 3 is 2.53 bits per heavy atom. The van der Waals surface area contributed by atoms with E-state index in [1.165, 1.54) is 33.5 Å². The molecule has 0 atom stereocenters. The smallest absolute Gasteiger partial charge is 0.314 e. The second-order valence-electron chi connectivity index (χ2n) is 10.8. The number of piperidine rings is 1. The molecule has 1 aliphatic rings. The van der Waals surface area contributed by atoms with Gasteiger partial charge in [-0.2, -0.15) is 8.78 Å².